The zero-order valence-electron chi connectivity index (χ0n) is 7.31. The molecule has 0 saturated heterocycles. The Kier molecular flexibility index (Phi) is 3.62. The van der Waals surface area contributed by atoms with Crippen molar-refractivity contribution in [2.45, 2.75) is 0 Å². The number of carbonyl (C=O) groups is 2. The molecule has 5 heteroatoms. The number of alkyl halides is 1. The predicted molar refractivity (Wildman–Crippen MR) is 52.5 cm³/mol. The van der Waals surface area contributed by atoms with Crippen LogP contribution in [0.3, 0.4) is 0 Å². The van der Waals surface area contributed by atoms with E-state index in [1.165, 1.54) is 0 Å². The Bertz CT molecular complexity index is 340. The molecular weight excluding hydrogens is 204 g/mol. The smallest absolute Gasteiger partial charge is 0.272 e. The van der Waals surface area contributed by atoms with Crippen LogP contribution in [0.2, 0.25) is 0 Å². The summed E-state index contributed by atoms with van der Waals surface area (Å²) in [6, 6.07) is 8.28. The number of nitrogens with zero attached hydrogens (tertiary/aromatic N) is 1. The van der Waals surface area contributed by atoms with Crippen molar-refractivity contribution in [3.05, 3.63) is 35.9 Å². The van der Waals surface area contributed by atoms with Crippen LogP contribution in [0.25, 0.3) is 0 Å². The Balaban J connectivity index is 2.81. The Morgan fingerprint density at radius 3 is 2.36 bits per heavy atom. The molecular formula is C9H9ClN2O2. The summed E-state index contributed by atoms with van der Waals surface area (Å²) in [6.07, 6.45) is 0. The average molecular weight is 213 g/mol. The molecule has 0 spiro atoms. The van der Waals surface area contributed by atoms with Gasteiger partial charge < -0.3 is 0 Å². The molecule has 0 aliphatic rings. The molecule has 2 N–H and O–H groups in total. The molecule has 1 rings (SSSR count). The first-order valence-electron chi connectivity index (χ1n) is 3.90. The lowest BCUT2D eigenvalue weighted by Crippen LogP contribution is -2.43. The summed E-state index contributed by atoms with van der Waals surface area (Å²) in [7, 11) is 0. The van der Waals surface area contributed by atoms with Crippen LogP contribution in [-0.4, -0.2) is 22.7 Å². The van der Waals surface area contributed by atoms with Gasteiger partial charge in [0, 0.05) is 5.56 Å². The van der Waals surface area contributed by atoms with Gasteiger partial charge in [-0.1, -0.05) is 18.2 Å². The third kappa shape index (κ3) is 2.31. The van der Waals surface area contributed by atoms with Crippen molar-refractivity contribution in [3.63, 3.8) is 0 Å². The van der Waals surface area contributed by atoms with Crippen LogP contribution in [0.4, 0.5) is 0 Å². The fourth-order valence-electron chi connectivity index (χ4n) is 0.897. The fraction of sp³-hybridized carbons (Fsp3) is 0.111. The van der Waals surface area contributed by atoms with Gasteiger partial charge in [-0.2, -0.15) is 0 Å². The van der Waals surface area contributed by atoms with Gasteiger partial charge in [-0.05, 0) is 12.1 Å². The quantitative estimate of drug-likeness (QED) is 0.341. The number of benzene rings is 1. The van der Waals surface area contributed by atoms with Gasteiger partial charge in [0.05, 0.1) is 0 Å². The summed E-state index contributed by atoms with van der Waals surface area (Å²) < 4.78 is 0. The molecule has 1 aromatic rings. The minimum Gasteiger partial charge on any atom is -0.272 e. The summed E-state index contributed by atoms with van der Waals surface area (Å²) in [6.45, 7) is 0. The SMILES string of the molecule is NN(C(=O)CCl)C(=O)c1ccccc1. The maximum Gasteiger partial charge on any atom is 0.274 e. The van der Waals surface area contributed by atoms with Gasteiger partial charge in [0.1, 0.15) is 5.88 Å². The maximum absolute atomic E-state index is 11.5. The number of carbonyl (C=O) groups excluding carboxylic acids is 2. The lowest BCUT2D eigenvalue weighted by molar-refractivity contribution is -0.126. The van der Waals surface area contributed by atoms with Crippen LogP contribution < -0.4 is 5.84 Å². The summed E-state index contributed by atoms with van der Waals surface area (Å²) >= 11 is 5.25. The highest BCUT2D eigenvalue weighted by Crippen LogP contribution is 2.02. The van der Waals surface area contributed by atoms with E-state index < -0.39 is 11.8 Å². The van der Waals surface area contributed by atoms with Crippen molar-refractivity contribution in [3.8, 4) is 0 Å². The number of nitrogens with two attached hydrogens (primary N) is 1. The zero-order chi connectivity index (χ0) is 10.6. The molecule has 4 nitrogen and oxygen atoms in total. The van der Waals surface area contributed by atoms with E-state index in [4.69, 9.17) is 17.4 Å². The van der Waals surface area contributed by atoms with Crippen LogP contribution in [0.15, 0.2) is 30.3 Å². The summed E-state index contributed by atoms with van der Waals surface area (Å²) in [4.78, 5) is 22.4. The second kappa shape index (κ2) is 4.74. The summed E-state index contributed by atoms with van der Waals surface area (Å²) in [5, 5.41) is 0.516. The summed E-state index contributed by atoms with van der Waals surface area (Å²) in [5.41, 5.74) is 0.355. The van der Waals surface area contributed by atoms with E-state index in [0.29, 0.717) is 10.6 Å². The van der Waals surface area contributed by atoms with Crippen molar-refractivity contribution in [2.24, 2.45) is 5.84 Å². The first-order valence-corrected chi connectivity index (χ1v) is 4.43. The minimum absolute atomic E-state index is 0.310. The molecule has 0 aromatic heterocycles. The molecule has 0 atom stereocenters. The molecule has 0 unspecified atom stereocenters. The monoisotopic (exact) mass is 212 g/mol. The largest absolute Gasteiger partial charge is 0.274 e. The Morgan fingerprint density at radius 2 is 1.86 bits per heavy atom. The standard InChI is InChI=1S/C9H9ClN2O2/c10-6-8(13)12(11)9(14)7-4-2-1-3-5-7/h1-5H,6,11H2. The lowest BCUT2D eigenvalue weighted by Gasteiger charge is -2.12. The van der Waals surface area contributed by atoms with E-state index in [2.05, 4.69) is 0 Å². The van der Waals surface area contributed by atoms with Crippen LogP contribution in [0, 0.1) is 0 Å². The van der Waals surface area contributed by atoms with Gasteiger partial charge in [0.25, 0.3) is 11.8 Å². The number of halogens is 1. The van der Waals surface area contributed by atoms with Crippen molar-refractivity contribution in [2.75, 3.05) is 5.88 Å². The molecule has 14 heavy (non-hydrogen) atoms. The third-order valence-electron chi connectivity index (χ3n) is 1.62. The van der Waals surface area contributed by atoms with Crippen LogP contribution >= 0.6 is 11.6 Å². The van der Waals surface area contributed by atoms with Crippen LogP contribution in [-0.2, 0) is 4.79 Å². The average Bonchev–Trinajstić information content (AvgIpc) is 2.27. The van der Waals surface area contributed by atoms with Crippen molar-refractivity contribution >= 4 is 23.4 Å². The molecule has 0 saturated carbocycles. The summed E-state index contributed by atoms with van der Waals surface area (Å²) in [5.74, 6) is 3.76. The molecule has 0 heterocycles. The highest BCUT2D eigenvalue weighted by Gasteiger charge is 2.17. The van der Waals surface area contributed by atoms with E-state index in [-0.39, 0.29) is 5.88 Å². The fourth-order valence-corrected chi connectivity index (χ4v) is 1.03. The second-order valence-corrected chi connectivity index (χ2v) is 2.84. The van der Waals surface area contributed by atoms with E-state index in [1.807, 2.05) is 0 Å². The van der Waals surface area contributed by atoms with Gasteiger partial charge in [0.15, 0.2) is 0 Å². The molecule has 0 fully saturated rings. The third-order valence-corrected chi connectivity index (χ3v) is 1.85. The van der Waals surface area contributed by atoms with Gasteiger partial charge in [-0.15, -0.1) is 11.6 Å². The number of hydrazine groups is 1. The molecule has 1 aromatic carbocycles. The Morgan fingerprint density at radius 1 is 1.29 bits per heavy atom. The topological polar surface area (TPSA) is 63.4 Å². The lowest BCUT2D eigenvalue weighted by atomic mass is 10.2. The minimum atomic E-state index is -0.625. The van der Waals surface area contributed by atoms with E-state index in [1.54, 1.807) is 30.3 Å². The maximum atomic E-state index is 11.5. The first kappa shape index (κ1) is 10.7. The number of hydrogen-bond donors (Lipinski definition) is 1. The van der Waals surface area contributed by atoms with E-state index in [9.17, 15) is 9.59 Å². The zero-order valence-corrected chi connectivity index (χ0v) is 8.07. The van der Waals surface area contributed by atoms with Crippen molar-refractivity contribution in [1.29, 1.82) is 0 Å². The van der Waals surface area contributed by atoms with Gasteiger partial charge in [0.2, 0.25) is 0 Å². The number of imide groups is 1. The molecule has 0 aliphatic heterocycles. The van der Waals surface area contributed by atoms with Crippen LogP contribution in [0.5, 0.6) is 0 Å². The van der Waals surface area contributed by atoms with E-state index >= 15 is 0 Å². The van der Waals surface area contributed by atoms with Crippen LogP contribution in [0.1, 0.15) is 10.4 Å². The molecule has 74 valence electrons. The molecule has 2 amide bonds. The normalized spacial score (nSPS) is 9.57. The van der Waals surface area contributed by atoms with Crippen molar-refractivity contribution in [1.82, 2.24) is 5.01 Å². The number of hydrogen-bond acceptors (Lipinski definition) is 3. The molecule has 0 aliphatic carbocycles. The van der Waals surface area contributed by atoms with Gasteiger partial charge >= 0.3 is 0 Å². The molecule has 0 bridgehead atoms. The number of amides is 2. The Labute approximate surface area is 86.2 Å². The molecule has 0 radical (unpaired) electrons. The van der Waals surface area contributed by atoms with E-state index in [0.717, 1.165) is 0 Å². The van der Waals surface area contributed by atoms with Crippen molar-refractivity contribution < 1.29 is 9.59 Å². The highest BCUT2D eigenvalue weighted by atomic mass is 35.5. The Hall–Kier alpha value is -1.39. The predicted octanol–water partition coefficient (Wildman–Crippen LogP) is 0.768. The number of rotatable bonds is 2. The van der Waals surface area contributed by atoms with Gasteiger partial charge in [-0.25, -0.2) is 10.9 Å². The second-order valence-electron chi connectivity index (χ2n) is 2.57. The highest BCUT2D eigenvalue weighted by molar-refractivity contribution is 6.28. The first-order chi connectivity index (χ1) is 6.66. The van der Waals surface area contributed by atoms with Gasteiger partial charge in [-0.3, -0.25) is 9.59 Å².